The van der Waals surface area contributed by atoms with Crippen LogP contribution in [0.25, 0.3) is 10.9 Å². The van der Waals surface area contributed by atoms with Crippen LogP contribution in [0.5, 0.6) is 0 Å². The van der Waals surface area contributed by atoms with E-state index in [1.165, 1.54) is 5.39 Å². The maximum Gasteiger partial charge on any atom is 0.191 e. The lowest BCUT2D eigenvalue weighted by atomic mass is 10.2. The molecule has 4 nitrogen and oxygen atoms in total. The number of nitrogens with one attached hydrogen (secondary N) is 1. The molecule has 1 aliphatic rings. The molecule has 0 spiro atoms. The van der Waals surface area contributed by atoms with Crippen LogP contribution in [0.2, 0.25) is 0 Å². The first kappa shape index (κ1) is 13.8. The molecule has 3 rings (SSSR count). The number of aromatic amines is 1. The van der Waals surface area contributed by atoms with Gasteiger partial charge in [0.25, 0.3) is 0 Å². The number of guanidine groups is 1. The van der Waals surface area contributed by atoms with Crippen molar-refractivity contribution in [2.24, 2.45) is 10.7 Å². The second-order valence-electron chi connectivity index (χ2n) is 4.80. The molecule has 2 aromatic rings. The highest BCUT2D eigenvalue weighted by Crippen LogP contribution is 2.20. The summed E-state index contributed by atoms with van der Waals surface area (Å²) in [5.74, 6) is 2.93. The van der Waals surface area contributed by atoms with Gasteiger partial charge in [0, 0.05) is 45.7 Å². The fourth-order valence-corrected chi connectivity index (χ4v) is 3.59. The number of aliphatic imine (C=N–C) groups is 1. The molecule has 1 fully saturated rings. The summed E-state index contributed by atoms with van der Waals surface area (Å²) in [5, 5.41) is 1.19. The van der Waals surface area contributed by atoms with Crippen LogP contribution in [-0.4, -0.2) is 40.4 Å². The Kier molecular flexibility index (Phi) is 4.21. The summed E-state index contributed by atoms with van der Waals surface area (Å²) in [6, 6.07) is 8.33. The van der Waals surface area contributed by atoms with Crippen molar-refractivity contribution in [3.8, 4) is 0 Å². The Hall–Kier alpha value is -1.14. The Labute approximate surface area is 130 Å². The lowest BCUT2D eigenvalue weighted by Gasteiger charge is -2.27. The fourth-order valence-electron chi connectivity index (χ4n) is 2.31. The first-order valence-corrected chi connectivity index (χ1v) is 8.57. The maximum absolute atomic E-state index is 6.06. The number of benzene rings is 1. The Morgan fingerprint density at radius 3 is 2.95 bits per heavy atom. The highest BCUT2D eigenvalue weighted by molar-refractivity contribution is 9.10. The second-order valence-corrected chi connectivity index (χ2v) is 6.94. The summed E-state index contributed by atoms with van der Waals surface area (Å²) in [6.45, 7) is 2.60. The van der Waals surface area contributed by atoms with Crippen molar-refractivity contribution in [3.05, 3.63) is 34.4 Å². The van der Waals surface area contributed by atoms with Gasteiger partial charge in [0.2, 0.25) is 0 Å². The molecule has 20 heavy (non-hydrogen) atoms. The predicted octanol–water partition coefficient (Wildman–Crippen LogP) is 2.79. The molecule has 0 atom stereocenters. The van der Waals surface area contributed by atoms with Gasteiger partial charge in [0.15, 0.2) is 5.96 Å². The molecule has 0 aliphatic carbocycles. The standard InChI is InChI=1S/C14H17BrN4S/c15-11-1-2-13-10(7-11)8-12(18-13)9-17-14(16)19-3-5-20-6-4-19/h1-2,7-8,18H,3-6,9H2,(H2,16,17). The Bertz CT molecular complexity index is 631. The first-order valence-electron chi connectivity index (χ1n) is 6.62. The average Bonchev–Trinajstić information content (AvgIpc) is 2.87. The van der Waals surface area contributed by atoms with Crippen LogP contribution >= 0.6 is 27.7 Å². The van der Waals surface area contributed by atoms with Gasteiger partial charge in [-0.1, -0.05) is 15.9 Å². The molecule has 2 heterocycles. The summed E-state index contributed by atoms with van der Waals surface area (Å²) in [7, 11) is 0. The molecule has 6 heteroatoms. The number of rotatable bonds is 2. The van der Waals surface area contributed by atoms with Crippen LogP contribution in [0.1, 0.15) is 5.69 Å². The van der Waals surface area contributed by atoms with E-state index in [1.54, 1.807) is 0 Å². The Balaban J connectivity index is 1.72. The minimum Gasteiger partial charge on any atom is -0.370 e. The van der Waals surface area contributed by atoms with Gasteiger partial charge >= 0.3 is 0 Å². The van der Waals surface area contributed by atoms with Crippen LogP contribution in [0.3, 0.4) is 0 Å². The van der Waals surface area contributed by atoms with Crippen LogP contribution in [0, 0.1) is 0 Å². The number of nitrogens with two attached hydrogens (primary N) is 1. The molecule has 1 aromatic carbocycles. The summed E-state index contributed by atoms with van der Waals surface area (Å²) in [4.78, 5) is 10.0. The van der Waals surface area contributed by atoms with Crippen molar-refractivity contribution in [1.29, 1.82) is 0 Å². The largest absolute Gasteiger partial charge is 0.370 e. The fraction of sp³-hybridized carbons (Fsp3) is 0.357. The highest BCUT2D eigenvalue weighted by atomic mass is 79.9. The molecule has 0 unspecified atom stereocenters. The van der Waals surface area contributed by atoms with E-state index in [0.29, 0.717) is 12.5 Å². The highest BCUT2D eigenvalue weighted by Gasteiger charge is 2.12. The van der Waals surface area contributed by atoms with Crippen LogP contribution in [-0.2, 0) is 6.54 Å². The molecule has 1 aliphatic heterocycles. The quantitative estimate of drug-likeness (QED) is 0.645. The number of H-pyrrole nitrogens is 1. The van der Waals surface area contributed by atoms with Crippen molar-refractivity contribution in [2.45, 2.75) is 6.54 Å². The monoisotopic (exact) mass is 352 g/mol. The van der Waals surface area contributed by atoms with Crippen LogP contribution in [0.15, 0.2) is 33.7 Å². The summed E-state index contributed by atoms with van der Waals surface area (Å²) < 4.78 is 1.09. The van der Waals surface area contributed by atoms with Crippen molar-refractivity contribution in [1.82, 2.24) is 9.88 Å². The van der Waals surface area contributed by atoms with E-state index in [9.17, 15) is 0 Å². The van der Waals surface area contributed by atoms with Crippen molar-refractivity contribution in [3.63, 3.8) is 0 Å². The zero-order chi connectivity index (χ0) is 13.9. The van der Waals surface area contributed by atoms with E-state index < -0.39 is 0 Å². The zero-order valence-corrected chi connectivity index (χ0v) is 13.5. The van der Waals surface area contributed by atoms with Gasteiger partial charge in [-0.15, -0.1) is 0 Å². The molecule has 0 bridgehead atoms. The predicted molar refractivity (Wildman–Crippen MR) is 90.2 cm³/mol. The third kappa shape index (κ3) is 3.12. The van der Waals surface area contributed by atoms with E-state index in [2.05, 4.69) is 49.0 Å². The Morgan fingerprint density at radius 2 is 2.15 bits per heavy atom. The van der Waals surface area contributed by atoms with E-state index in [-0.39, 0.29) is 0 Å². The molecule has 0 radical (unpaired) electrons. The smallest absolute Gasteiger partial charge is 0.191 e. The van der Waals surface area contributed by atoms with Gasteiger partial charge in [-0.05, 0) is 24.3 Å². The topological polar surface area (TPSA) is 57.4 Å². The van der Waals surface area contributed by atoms with Crippen molar-refractivity contribution in [2.75, 3.05) is 24.6 Å². The third-order valence-corrected chi connectivity index (χ3v) is 4.82. The third-order valence-electron chi connectivity index (χ3n) is 3.39. The van der Waals surface area contributed by atoms with Gasteiger partial charge in [0.05, 0.1) is 6.54 Å². The minimum absolute atomic E-state index is 0.599. The van der Waals surface area contributed by atoms with E-state index in [1.807, 2.05) is 17.8 Å². The van der Waals surface area contributed by atoms with Gasteiger partial charge in [0.1, 0.15) is 0 Å². The molecular formula is C14H17BrN4S. The van der Waals surface area contributed by atoms with E-state index >= 15 is 0 Å². The van der Waals surface area contributed by atoms with Crippen molar-refractivity contribution < 1.29 is 0 Å². The number of thioether (sulfide) groups is 1. The SMILES string of the molecule is NC(=NCc1cc2cc(Br)ccc2[nH]1)N1CCSCC1. The zero-order valence-electron chi connectivity index (χ0n) is 11.1. The summed E-state index contributed by atoms with van der Waals surface area (Å²) in [6.07, 6.45) is 0. The lowest BCUT2D eigenvalue weighted by molar-refractivity contribution is 0.455. The summed E-state index contributed by atoms with van der Waals surface area (Å²) >= 11 is 5.46. The van der Waals surface area contributed by atoms with Gasteiger partial charge in [-0.2, -0.15) is 11.8 Å². The number of halogens is 1. The molecule has 1 saturated heterocycles. The van der Waals surface area contributed by atoms with E-state index in [4.69, 9.17) is 5.73 Å². The Morgan fingerprint density at radius 1 is 1.35 bits per heavy atom. The maximum atomic E-state index is 6.06. The molecule has 3 N–H and O–H groups in total. The molecule has 1 aromatic heterocycles. The second kappa shape index (κ2) is 6.10. The van der Waals surface area contributed by atoms with Gasteiger partial charge in [-0.3, -0.25) is 0 Å². The van der Waals surface area contributed by atoms with Crippen LogP contribution in [0.4, 0.5) is 0 Å². The van der Waals surface area contributed by atoms with E-state index in [0.717, 1.165) is 40.3 Å². The van der Waals surface area contributed by atoms with Gasteiger partial charge < -0.3 is 15.6 Å². The normalized spacial score (nSPS) is 16.9. The molecule has 0 saturated carbocycles. The average molecular weight is 353 g/mol. The van der Waals surface area contributed by atoms with Gasteiger partial charge in [-0.25, -0.2) is 4.99 Å². The minimum atomic E-state index is 0.599. The van der Waals surface area contributed by atoms with Crippen molar-refractivity contribution >= 4 is 44.6 Å². The molecule has 0 amide bonds. The molecular weight excluding hydrogens is 336 g/mol. The lowest BCUT2D eigenvalue weighted by Crippen LogP contribution is -2.42. The number of fused-ring (bicyclic) bond motifs is 1. The van der Waals surface area contributed by atoms with Crippen LogP contribution < -0.4 is 5.73 Å². The number of nitrogens with zero attached hydrogens (tertiary/aromatic N) is 2. The number of hydrogen-bond acceptors (Lipinski definition) is 2. The molecule has 106 valence electrons. The first-order chi connectivity index (χ1) is 9.72. The number of hydrogen-bond donors (Lipinski definition) is 2. The summed E-state index contributed by atoms with van der Waals surface area (Å²) in [5.41, 5.74) is 8.28. The number of aromatic nitrogens is 1.